The SMILES string of the molecule is COc1ccc(C(=O)c2cc(CC(=O)OC(C)C)c(-c3ccc(Cl)cc3)s2)cc1. The lowest BCUT2D eigenvalue weighted by atomic mass is 10.0. The molecule has 0 fully saturated rings. The number of carbonyl (C=O) groups is 2. The summed E-state index contributed by atoms with van der Waals surface area (Å²) in [7, 11) is 1.58. The van der Waals surface area contributed by atoms with Crippen molar-refractivity contribution in [3.63, 3.8) is 0 Å². The van der Waals surface area contributed by atoms with Gasteiger partial charge in [-0.25, -0.2) is 0 Å². The highest BCUT2D eigenvalue weighted by molar-refractivity contribution is 7.17. The molecule has 2 aromatic carbocycles. The average Bonchev–Trinajstić information content (AvgIpc) is 3.11. The van der Waals surface area contributed by atoms with Crippen molar-refractivity contribution in [2.45, 2.75) is 26.4 Å². The maximum atomic E-state index is 13.0. The van der Waals surface area contributed by atoms with Crippen LogP contribution in [0.2, 0.25) is 5.02 Å². The third-order valence-corrected chi connectivity index (χ3v) is 5.67. The minimum Gasteiger partial charge on any atom is -0.497 e. The number of ether oxygens (including phenoxy) is 2. The lowest BCUT2D eigenvalue weighted by molar-refractivity contribution is -0.146. The number of hydrogen-bond acceptors (Lipinski definition) is 5. The fourth-order valence-corrected chi connectivity index (χ4v) is 4.14. The van der Waals surface area contributed by atoms with Crippen LogP contribution in [0, 0.1) is 0 Å². The van der Waals surface area contributed by atoms with Gasteiger partial charge in [-0.1, -0.05) is 23.7 Å². The Kier molecular flexibility index (Phi) is 6.72. The first-order valence-electron chi connectivity index (χ1n) is 9.14. The second-order valence-corrected chi connectivity index (χ2v) is 8.23. The molecule has 0 aliphatic heterocycles. The molecule has 150 valence electrons. The van der Waals surface area contributed by atoms with E-state index in [4.69, 9.17) is 21.1 Å². The summed E-state index contributed by atoms with van der Waals surface area (Å²) in [6.07, 6.45) is -0.0942. The first-order valence-corrected chi connectivity index (χ1v) is 10.3. The molecule has 0 amide bonds. The monoisotopic (exact) mass is 428 g/mol. The van der Waals surface area contributed by atoms with Crippen LogP contribution in [0.4, 0.5) is 0 Å². The van der Waals surface area contributed by atoms with Crippen molar-refractivity contribution in [1.29, 1.82) is 0 Å². The van der Waals surface area contributed by atoms with Crippen LogP contribution in [0.3, 0.4) is 0 Å². The zero-order valence-corrected chi connectivity index (χ0v) is 18.0. The van der Waals surface area contributed by atoms with Crippen LogP contribution in [0.1, 0.15) is 34.6 Å². The minimum absolute atomic E-state index is 0.0997. The summed E-state index contributed by atoms with van der Waals surface area (Å²) >= 11 is 7.37. The van der Waals surface area contributed by atoms with Crippen molar-refractivity contribution >= 4 is 34.7 Å². The maximum absolute atomic E-state index is 13.0. The molecular weight excluding hydrogens is 408 g/mol. The van der Waals surface area contributed by atoms with Crippen LogP contribution in [-0.4, -0.2) is 25.0 Å². The zero-order chi connectivity index (χ0) is 21.0. The van der Waals surface area contributed by atoms with Gasteiger partial charge >= 0.3 is 5.97 Å². The molecule has 3 aromatic rings. The van der Waals surface area contributed by atoms with Crippen LogP contribution in [0.25, 0.3) is 10.4 Å². The topological polar surface area (TPSA) is 52.6 Å². The van der Waals surface area contributed by atoms with Gasteiger partial charge in [-0.15, -0.1) is 11.3 Å². The van der Waals surface area contributed by atoms with Gasteiger partial charge < -0.3 is 9.47 Å². The molecule has 0 saturated heterocycles. The quantitative estimate of drug-likeness (QED) is 0.352. The Labute approximate surface area is 179 Å². The third kappa shape index (κ3) is 5.25. The Morgan fingerprint density at radius 1 is 1.03 bits per heavy atom. The van der Waals surface area contributed by atoms with Gasteiger partial charge in [0, 0.05) is 15.5 Å². The van der Waals surface area contributed by atoms with Crippen LogP contribution in [-0.2, 0) is 16.0 Å². The molecule has 1 heterocycles. The van der Waals surface area contributed by atoms with Crippen LogP contribution in [0.15, 0.2) is 54.6 Å². The number of esters is 1. The van der Waals surface area contributed by atoms with E-state index in [2.05, 4.69) is 0 Å². The molecular formula is C23H21ClO4S. The van der Waals surface area contributed by atoms with Crippen LogP contribution >= 0.6 is 22.9 Å². The van der Waals surface area contributed by atoms with Crippen molar-refractivity contribution in [2.24, 2.45) is 0 Å². The van der Waals surface area contributed by atoms with Crippen molar-refractivity contribution in [3.05, 3.63) is 75.6 Å². The number of hydrogen-bond donors (Lipinski definition) is 0. The van der Waals surface area contributed by atoms with E-state index in [1.54, 1.807) is 49.6 Å². The highest BCUT2D eigenvalue weighted by atomic mass is 35.5. The molecule has 0 aliphatic rings. The molecule has 4 nitrogen and oxygen atoms in total. The van der Waals surface area contributed by atoms with E-state index < -0.39 is 0 Å². The first-order chi connectivity index (χ1) is 13.9. The van der Waals surface area contributed by atoms with Gasteiger partial charge in [-0.2, -0.15) is 0 Å². The Bertz CT molecular complexity index is 1000. The van der Waals surface area contributed by atoms with Crippen molar-refractivity contribution < 1.29 is 19.1 Å². The zero-order valence-electron chi connectivity index (χ0n) is 16.4. The standard InChI is InChI=1S/C23H21ClO4S/c1-14(2)28-21(25)13-17-12-20(22(26)15-6-10-19(27-3)11-7-15)29-23(17)16-4-8-18(24)9-5-16/h4-12,14H,13H2,1-3H3. The molecule has 1 aromatic heterocycles. The highest BCUT2D eigenvalue weighted by Gasteiger charge is 2.20. The fourth-order valence-electron chi connectivity index (χ4n) is 2.86. The molecule has 6 heteroatoms. The lowest BCUT2D eigenvalue weighted by Crippen LogP contribution is -2.13. The number of thiophene rings is 1. The number of halogens is 1. The van der Waals surface area contributed by atoms with Gasteiger partial charge in [0.1, 0.15) is 5.75 Å². The normalized spacial score (nSPS) is 10.8. The van der Waals surface area contributed by atoms with Gasteiger partial charge in [-0.3, -0.25) is 9.59 Å². The predicted molar refractivity (Wildman–Crippen MR) is 116 cm³/mol. The molecule has 0 saturated carbocycles. The van der Waals surface area contributed by atoms with E-state index in [-0.39, 0.29) is 24.3 Å². The predicted octanol–water partition coefficient (Wildman–Crippen LogP) is 5.80. The Morgan fingerprint density at radius 3 is 2.28 bits per heavy atom. The smallest absolute Gasteiger partial charge is 0.310 e. The number of methoxy groups -OCH3 is 1. The molecule has 0 aliphatic carbocycles. The summed E-state index contributed by atoms with van der Waals surface area (Å²) in [5, 5.41) is 0.626. The van der Waals surface area contributed by atoms with E-state index in [0.717, 1.165) is 16.0 Å². The molecule has 0 spiro atoms. The molecule has 3 rings (SSSR count). The summed E-state index contributed by atoms with van der Waals surface area (Å²) in [6, 6.07) is 16.1. The molecule has 0 bridgehead atoms. The third-order valence-electron chi connectivity index (χ3n) is 4.19. The first kappa shape index (κ1) is 21.1. The summed E-state index contributed by atoms with van der Waals surface area (Å²) < 4.78 is 10.4. The molecule has 29 heavy (non-hydrogen) atoms. The summed E-state index contributed by atoms with van der Waals surface area (Å²) in [5.74, 6) is 0.263. The lowest BCUT2D eigenvalue weighted by Gasteiger charge is -2.08. The summed E-state index contributed by atoms with van der Waals surface area (Å²) in [4.78, 5) is 26.7. The molecule has 0 N–H and O–H groups in total. The number of rotatable bonds is 7. The number of benzene rings is 2. The van der Waals surface area contributed by atoms with E-state index in [1.165, 1.54) is 11.3 Å². The van der Waals surface area contributed by atoms with Crippen molar-refractivity contribution in [1.82, 2.24) is 0 Å². The van der Waals surface area contributed by atoms with Crippen molar-refractivity contribution in [2.75, 3.05) is 7.11 Å². The van der Waals surface area contributed by atoms with Crippen molar-refractivity contribution in [3.8, 4) is 16.2 Å². The largest absolute Gasteiger partial charge is 0.497 e. The fraction of sp³-hybridized carbons (Fsp3) is 0.217. The Balaban J connectivity index is 1.97. The maximum Gasteiger partial charge on any atom is 0.310 e. The Morgan fingerprint density at radius 2 is 1.69 bits per heavy atom. The van der Waals surface area contributed by atoms with E-state index in [1.807, 2.05) is 26.0 Å². The van der Waals surface area contributed by atoms with E-state index in [0.29, 0.717) is 21.2 Å². The van der Waals surface area contributed by atoms with Gasteiger partial charge in [0.25, 0.3) is 0 Å². The molecule has 0 unspecified atom stereocenters. The van der Waals surface area contributed by atoms with Crippen LogP contribution < -0.4 is 4.74 Å². The molecule has 0 radical (unpaired) electrons. The second-order valence-electron chi connectivity index (χ2n) is 6.74. The molecule has 0 atom stereocenters. The van der Waals surface area contributed by atoms with Gasteiger partial charge in [0.05, 0.1) is 24.5 Å². The second kappa shape index (κ2) is 9.25. The summed E-state index contributed by atoms with van der Waals surface area (Å²) in [6.45, 7) is 3.62. The van der Waals surface area contributed by atoms with Gasteiger partial charge in [-0.05, 0) is 67.4 Å². The van der Waals surface area contributed by atoms with Gasteiger partial charge in [0.2, 0.25) is 5.78 Å². The van der Waals surface area contributed by atoms with E-state index >= 15 is 0 Å². The van der Waals surface area contributed by atoms with Gasteiger partial charge in [0.15, 0.2) is 0 Å². The van der Waals surface area contributed by atoms with Crippen LogP contribution in [0.5, 0.6) is 5.75 Å². The average molecular weight is 429 g/mol. The summed E-state index contributed by atoms with van der Waals surface area (Å²) in [5.41, 5.74) is 2.23. The highest BCUT2D eigenvalue weighted by Crippen LogP contribution is 2.35. The van der Waals surface area contributed by atoms with E-state index in [9.17, 15) is 9.59 Å². The number of ketones is 1. The number of carbonyl (C=O) groups excluding carboxylic acids is 2. The minimum atomic E-state index is -0.323. The Hall–Kier alpha value is -2.63.